The summed E-state index contributed by atoms with van der Waals surface area (Å²) >= 11 is 0. The van der Waals surface area contributed by atoms with Gasteiger partial charge in [0.1, 0.15) is 12.4 Å². The number of hydrogen-bond donors (Lipinski definition) is 1. The van der Waals surface area contributed by atoms with Crippen molar-refractivity contribution in [2.24, 2.45) is 0 Å². The number of carboxylic acids is 1. The van der Waals surface area contributed by atoms with E-state index in [2.05, 4.69) is 18.7 Å². The predicted octanol–water partition coefficient (Wildman–Crippen LogP) is 2.57. The summed E-state index contributed by atoms with van der Waals surface area (Å²) in [6.45, 7) is 7.31. The Kier molecular flexibility index (Phi) is 4.65. The number of ether oxygens (including phenoxy) is 1. The highest BCUT2D eigenvalue weighted by Gasteiger charge is 2.31. The maximum absolute atomic E-state index is 10.6. The molecule has 1 fully saturated rings. The Morgan fingerprint density at radius 2 is 2.05 bits per heavy atom. The second-order valence-corrected chi connectivity index (χ2v) is 5.97. The number of likely N-dealkylation sites (tertiary alicyclic amines) is 1. The minimum Gasteiger partial charge on any atom is -0.492 e. The highest BCUT2D eigenvalue weighted by Crippen LogP contribution is 2.27. The van der Waals surface area contributed by atoms with Crippen LogP contribution in [0.3, 0.4) is 0 Å². The number of rotatable bonds is 6. The van der Waals surface area contributed by atoms with E-state index in [-0.39, 0.29) is 12.0 Å². The molecule has 0 aliphatic carbocycles. The molecule has 0 atom stereocenters. The Morgan fingerprint density at radius 3 is 2.60 bits per heavy atom. The Balaban J connectivity index is 1.78. The summed E-state index contributed by atoms with van der Waals surface area (Å²) in [6.07, 6.45) is 2.57. The lowest BCUT2D eigenvalue weighted by Gasteiger charge is -2.31. The molecular formula is C16H23NO3. The van der Waals surface area contributed by atoms with Gasteiger partial charge in [0, 0.05) is 12.1 Å². The molecule has 0 aromatic heterocycles. The van der Waals surface area contributed by atoms with E-state index in [4.69, 9.17) is 9.84 Å². The largest absolute Gasteiger partial charge is 0.492 e. The van der Waals surface area contributed by atoms with Gasteiger partial charge in [0.25, 0.3) is 0 Å². The van der Waals surface area contributed by atoms with Crippen molar-refractivity contribution in [1.29, 1.82) is 0 Å². The maximum atomic E-state index is 10.6. The van der Waals surface area contributed by atoms with Gasteiger partial charge in [-0.15, -0.1) is 0 Å². The van der Waals surface area contributed by atoms with Gasteiger partial charge >= 0.3 is 5.97 Å². The molecule has 110 valence electrons. The summed E-state index contributed by atoms with van der Waals surface area (Å²) in [4.78, 5) is 13.1. The molecule has 2 rings (SSSR count). The van der Waals surface area contributed by atoms with Gasteiger partial charge in [-0.25, -0.2) is 0 Å². The number of carbonyl (C=O) groups is 1. The number of benzene rings is 1. The van der Waals surface area contributed by atoms with E-state index in [1.165, 1.54) is 12.8 Å². The van der Waals surface area contributed by atoms with Crippen molar-refractivity contribution >= 4 is 5.97 Å². The number of nitrogens with zero attached hydrogens (tertiary/aromatic N) is 1. The van der Waals surface area contributed by atoms with E-state index in [0.29, 0.717) is 6.61 Å². The molecule has 20 heavy (non-hydrogen) atoms. The van der Waals surface area contributed by atoms with Gasteiger partial charge in [-0.2, -0.15) is 0 Å². The fourth-order valence-corrected chi connectivity index (χ4v) is 2.73. The quantitative estimate of drug-likeness (QED) is 0.868. The van der Waals surface area contributed by atoms with E-state index in [1.54, 1.807) is 0 Å². The lowest BCUT2D eigenvalue weighted by Crippen LogP contribution is -2.40. The van der Waals surface area contributed by atoms with Crippen molar-refractivity contribution in [3.05, 3.63) is 29.8 Å². The molecule has 1 aromatic carbocycles. The molecule has 0 radical (unpaired) electrons. The predicted molar refractivity (Wildman–Crippen MR) is 78.2 cm³/mol. The summed E-state index contributed by atoms with van der Waals surface area (Å²) in [5.41, 5.74) is 1.08. The van der Waals surface area contributed by atoms with Crippen LogP contribution in [0.25, 0.3) is 0 Å². The van der Waals surface area contributed by atoms with E-state index in [0.717, 1.165) is 24.4 Å². The van der Waals surface area contributed by atoms with Crippen LogP contribution in [0.15, 0.2) is 24.3 Å². The van der Waals surface area contributed by atoms with Crippen LogP contribution < -0.4 is 4.74 Å². The molecule has 1 saturated heterocycles. The molecule has 1 aromatic rings. The van der Waals surface area contributed by atoms with Crippen LogP contribution in [0.5, 0.6) is 5.75 Å². The molecule has 4 nitrogen and oxygen atoms in total. The first kappa shape index (κ1) is 14.9. The lowest BCUT2D eigenvalue weighted by atomic mass is 10.0. The van der Waals surface area contributed by atoms with E-state index in [9.17, 15) is 4.79 Å². The van der Waals surface area contributed by atoms with Crippen LogP contribution in [0.4, 0.5) is 0 Å². The van der Waals surface area contributed by atoms with Gasteiger partial charge in [-0.1, -0.05) is 12.1 Å². The molecule has 0 spiro atoms. The molecule has 0 unspecified atom stereocenters. The Hall–Kier alpha value is -1.55. The highest BCUT2D eigenvalue weighted by atomic mass is 16.5. The molecular weight excluding hydrogens is 254 g/mol. The molecule has 0 saturated carbocycles. The van der Waals surface area contributed by atoms with Gasteiger partial charge in [0.15, 0.2) is 0 Å². The lowest BCUT2D eigenvalue weighted by molar-refractivity contribution is -0.136. The van der Waals surface area contributed by atoms with Crippen molar-refractivity contribution < 1.29 is 14.6 Å². The van der Waals surface area contributed by atoms with Crippen molar-refractivity contribution in [1.82, 2.24) is 4.90 Å². The first-order valence-corrected chi connectivity index (χ1v) is 7.16. The topological polar surface area (TPSA) is 49.8 Å². The van der Waals surface area contributed by atoms with Crippen LogP contribution in [-0.4, -0.2) is 41.2 Å². The standard InChI is InChI=1S/C16H23NO3/c1-16(2)8-3-9-17(16)10-11-20-14-6-4-13(5-7-14)12-15(18)19/h4-7H,3,8-12H2,1-2H3,(H,18,19). The normalized spacial score (nSPS) is 18.1. The Labute approximate surface area is 120 Å². The zero-order chi connectivity index (χ0) is 14.6. The zero-order valence-electron chi connectivity index (χ0n) is 12.3. The molecule has 1 aliphatic rings. The summed E-state index contributed by atoms with van der Waals surface area (Å²) < 4.78 is 5.73. The molecule has 1 aliphatic heterocycles. The summed E-state index contributed by atoms with van der Waals surface area (Å²) in [5, 5.41) is 8.71. The second kappa shape index (κ2) is 6.27. The van der Waals surface area contributed by atoms with E-state index in [1.807, 2.05) is 24.3 Å². The molecule has 0 amide bonds. The Morgan fingerprint density at radius 1 is 1.35 bits per heavy atom. The van der Waals surface area contributed by atoms with Crippen LogP contribution in [-0.2, 0) is 11.2 Å². The SMILES string of the molecule is CC1(C)CCCN1CCOc1ccc(CC(=O)O)cc1. The summed E-state index contributed by atoms with van der Waals surface area (Å²) in [6, 6.07) is 7.30. The van der Waals surface area contributed by atoms with Gasteiger partial charge in [-0.05, 0) is 50.9 Å². The third kappa shape index (κ3) is 3.97. The molecule has 0 bridgehead atoms. The summed E-state index contributed by atoms with van der Waals surface area (Å²) in [7, 11) is 0. The maximum Gasteiger partial charge on any atom is 0.307 e. The van der Waals surface area contributed by atoms with Crippen LogP contribution in [0.2, 0.25) is 0 Å². The van der Waals surface area contributed by atoms with Crippen LogP contribution in [0, 0.1) is 0 Å². The van der Waals surface area contributed by atoms with Gasteiger partial charge in [0.2, 0.25) is 0 Å². The first-order chi connectivity index (χ1) is 9.47. The smallest absolute Gasteiger partial charge is 0.307 e. The summed E-state index contributed by atoms with van der Waals surface area (Å²) in [5.74, 6) is -0.00826. The van der Waals surface area contributed by atoms with E-state index >= 15 is 0 Å². The monoisotopic (exact) mass is 277 g/mol. The molecule has 4 heteroatoms. The third-order valence-electron chi connectivity index (χ3n) is 3.98. The molecule has 1 heterocycles. The van der Waals surface area contributed by atoms with Gasteiger partial charge < -0.3 is 9.84 Å². The average molecular weight is 277 g/mol. The fourth-order valence-electron chi connectivity index (χ4n) is 2.73. The van der Waals surface area contributed by atoms with Gasteiger partial charge in [0.05, 0.1) is 6.42 Å². The van der Waals surface area contributed by atoms with Gasteiger partial charge in [-0.3, -0.25) is 9.69 Å². The van der Waals surface area contributed by atoms with Crippen molar-refractivity contribution in [3.63, 3.8) is 0 Å². The Bertz CT molecular complexity index is 453. The fraction of sp³-hybridized carbons (Fsp3) is 0.562. The molecule has 1 N–H and O–H groups in total. The number of hydrogen-bond acceptors (Lipinski definition) is 3. The minimum absolute atomic E-state index is 0.0578. The van der Waals surface area contributed by atoms with Crippen LogP contribution in [0.1, 0.15) is 32.3 Å². The number of carboxylic acid groups (broad SMARTS) is 1. The first-order valence-electron chi connectivity index (χ1n) is 7.16. The number of aliphatic carboxylic acids is 1. The van der Waals surface area contributed by atoms with Crippen LogP contribution >= 0.6 is 0 Å². The zero-order valence-corrected chi connectivity index (χ0v) is 12.3. The van der Waals surface area contributed by atoms with E-state index < -0.39 is 5.97 Å². The van der Waals surface area contributed by atoms with Crippen molar-refractivity contribution in [3.8, 4) is 5.75 Å². The minimum atomic E-state index is -0.810. The van der Waals surface area contributed by atoms with Crippen molar-refractivity contribution in [2.75, 3.05) is 19.7 Å². The van der Waals surface area contributed by atoms with Crippen molar-refractivity contribution in [2.45, 2.75) is 38.6 Å². The second-order valence-electron chi connectivity index (χ2n) is 5.97. The average Bonchev–Trinajstić information content (AvgIpc) is 2.70. The third-order valence-corrected chi connectivity index (χ3v) is 3.98. The highest BCUT2D eigenvalue weighted by molar-refractivity contribution is 5.70.